The van der Waals surface area contributed by atoms with Crippen LogP contribution in [0, 0.1) is 0 Å². The van der Waals surface area contributed by atoms with Gasteiger partial charge in [0, 0.05) is 66.8 Å². The van der Waals surface area contributed by atoms with E-state index < -0.39 is 0 Å². The average Bonchev–Trinajstić information content (AvgIpc) is 4.00. The quantitative estimate of drug-likeness (QED) is 0.175. The average molecular weight is 772 g/mol. The van der Waals surface area contributed by atoms with E-state index >= 15 is 0 Å². The molecule has 0 N–H and O–H groups in total. The van der Waals surface area contributed by atoms with E-state index in [1.54, 1.807) is 0 Å². The minimum atomic E-state index is 0.0120. The maximum atomic E-state index is 6.87. The number of hydrogen-bond acceptors (Lipinski definition) is 4. The zero-order valence-corrected chi connectivity index (χ0v) is 32.7. The van der Waals surface area contributed by atoms with Gasteiger partial charge in [0.25, 0.3) is 0 Å². The van der Waals surface area contributed by atoms with Crippen LogP contribution in [0.15, 0.2) is 195 Å². The van der Waals surface area contributed by atoms with Crippen molar-refractivity contribution in [1.29, 1.82) is 0 Å². The minimum Gasteiger partial charge on any atom is -0.460 e. The third kappa shape index (κ3) is 4.97. The van der Waals surface area contributed by atoms with E-state index in [1.165, 1.54) is 38.6 Å². The predicted octanol–water partition coefficient (Wildman–Crippen LogP) is 15.4. The van der Waals surface area contributed by atoms with Crippen molar-refractivity contribution in [3.63, 3.8) is 0 Å². The first-order valence-electron chi connectivity index (χ1n) is 20.9. The Kier molecular flexibility index (Phi) is 7.23. The third-order valence-corrected chi connectivity index (χ3v) is 12.8. The van der Waals surface area contributed by atoms with Crippen molar-refractivity contribution in [2.75, 3.05) is 4.90 Å². The van der Waals surface area contributed by atoms with Crippen LogP contribution in [0.25, 0.3) is 98.8 Å². The van der Waals surface area contributed by atoms with Gasteiger partial charge in [-0.2, -0.15) is 0 Å². The van der Waals surface area contributed by atoms with Crippen molar-refractivity contribution in [3.05, 3.63) is 199 Å². The zero-order chi connectivity index (χ0) is 39.3. The molecule has 0 radical (unpaired) electrons. The molecule has 0 spiro atoms. The molecular weight excluding hydrogens is 735 g/mol. The fraction of sp³-hybridized carbons (Fsp3) is 0.0714. The van der Waals surface area contributed by atoms with Crippen molar-refractivity contribution < 1.29 is 13.3 Å². The van der Waals surface area contributed by atoms with Crippen LogP contribution in [0.2, 0.25) is 0 Å². The molecule has 284 valence electrons. The molecule has 2 aliphatic rings. The van der Waals surface area contributed by atoms with Gasteiger partial charge >= 0.3 is 0 Å². The maximum Gasteiger partial charge on any atom is 0.143 e. The lowest BCUT2D eigenvalue weighted by atomic mass is 9.90. The van der Waals surface area contributed by atoms with E-state index in [9.17, 15) is 0 Å². The molecule has 8 aromatic carbocycles. The monoisotopic (exact) mass is 771 g/mol. The van der Waals surface area contributed by atoms with Crippen LogP contribution in [0.4, 0.5) is 5.69 Å². The summed E-state index contributed by atoms with van der Waals surface area (Å²) in [6, 6.07) is 56.2. The zero-order valence-electron chi connectivity index (χ0n) is 32.7. The number of fused-ring (bicyclic) bond motifs is 12. The van der Waals surface area contributed by atoms with Gasteiger partial charge in [-0.3, -0.25) is 0 Å². The van der Waals surface area contributed by atoms with Crippen LogP contribution < -0.4 is 4.90 Å². The number of anilines is 1. The molecule has 1 unspecified atom stereocenters. The Morgan fingerprint density at radius 2 is 1.22 bits per heavy atom. The lowest BCUT2D eigenvalue weighted by Gasteiger charge is -2.37. The fourth-order valence-electron chi connectivity index (χ4n) is 10.1. The highest BCUT2D eigenvalue weighted by atomic mass is 16.3. The summed E-state index contributed by atoms with van der Waals surface area (Å²) in [5.41, 5.74) is 12.6. The minimum absolute atomic E-state index is 0.0120. The molecule has 2 aliphatic carbocycles. The number of nitrogens with zero attached hydrogens (tertiary/aromatic N) is 1. The Bertz CT molecular complexity index is 3660. The Balaban J connectivity index is 1.00. The first-order valence-corrected chi connectivity index (χ1v) is 20.9. The first-order chi connectivity index (χ1) is 29.7. The van der Waals surface area contributed by atoms with Gasteiger partial charge in [-0.1, -0.05) is 146 Å². The Morgan fingerprint density at radius 1 is 0.483 bits per heavy atom. The fourth-order valence-corrected chi connectivity index (χ4v) is 10.1. The summed E-state index contributed by atoms with van der Waals surface area (Å²) in [5, 5.41) is 10.4. The van der Waals surface area contributed by atoms with Crippen LogP contribution >= 0.6 is 0 Å². The van der Waals surface area contributed by atoms with Crippen molar-refractivity contribution in [3.8, 4) is 11.1 Å². The number of rotatable bonds is 5. The van der Waals surface area contributed by atoms with Gasteiger partial charge in [0.05, 0.1) is 6.04 Å². The molecule has 0 fully saturated rings. The molecule has 1 atom stereocenters. The highest BCUT2D eigenvalue weighted by Crippen LogP contribution is 2.48. The molecule has 4 nitrogen and oxygen atoms in total. The van der Waals surface area contributed by atoms with Gasteiger partial charge in [0.15, 0.2) is 0 Å². The maximum absolute atomic E-state index is 6.87. The molecule has 3 heterocycles. The van der Waals surface area contributed by atoms with Crippen LogP contribution in [0.5, 0.6) is 0 Å². The molecule has 0 amide bonds. The van der Waals surface area contributed by atoms with E-state index in [0.717, 1.165) is 102 Å². The van der Waals surface area contributed by atoms with Crippen molar-refractivity contribution in [1.82, 2.24) is 0 Å². The molecule has 11 aromatic rings. The van der Waals surface area contributed by atoms with Crippen molar-refractivity contribution in [2.45, 2.75) is 25.3 Å². The standard InChI is InChI=1S/C56H37NO3/c1-2-14-37-33-52-46(32-36(37)13-1)43-20-9-19-42(56(43)60-52)41-16-5-7-21-47(41)57(48-22-11-25-51-54(48)45-31-28-34-12-3-4-15-40(34)55(45)59-51)38-29-26-35(27-30-38)39-18-10-24-50-53(39)44-17-6-8-23-49(44)58-50/h1-10,12-24,26-29,31-33,38H,11,25,30H2. The van der Waals surface area contributed by atoms with E-state index in [-0.39, 0.29) is 6.04 Å². The van der Waals surface area contributed by atoms with E-state index in [2.05, 4.69) is 181 Å². The third-order valence-electron chi connectivity index (χ3n) is 12.8. The summed E-state index contributed by atoms with van der Waals surface area (Å²) < 4.78 is 20.0. The molecule has 4 heteroatoms. The molecular formula is C56H37NO3. The van der Waals surface area contributed by atoms with Crippen LogP contribution in [-0.4, -0.2) is 6.04 Å². The molecule has 0 saturated heterocycles. The molecule has 0 saturated carbocycles. The normalized spacial score (nSPS) is 15.4. The van der Waals surface area contributed by atoms with E-state index in [0.29, 0.717) is 0 Å². The van der Waals surface area contributed by atoms with Crippen LogP contribution in [-0.2, 0) is 6.42 Å². The Hall–Kier alpha value is -7.56. The second-order valence-corrected chi connectivity index (χ2v) is 16.2. The molecule has 0 bridgehead atoms. The van der Waals surface area contributed by atoms with E-state index in [1.807, 2.05) is 6.07 Å². The SMILES string of the molecule is C1=CC(N(C2=CCCc3oc4c(ccc5ccccc54)c32)c2ccccc2-c2cccc3c2oc2cc4ccccc4cc23)CC=C1c1cccc2oc3ccccc3c12. The van der Waals surface area contributed by atoms with Crippen molar-refractivity contribution >= 4 is 93.3 Å². The summed E-state index contributed by atoms with van der Waals surface area (Å²) in [4.78, 5) is 2.57. The summed E-state index contributed by atoms with van der Waals surface area (Å²) in [7, 11) is 0. The first kappa shape index (κ1) is 33.4. The second-order valence-electron chi connectivity index (χ2n) is 16.2. The molecule has 0 aliphatic heterocycles. The van der Waals surface area contributed by atoms with Crippen LogP contribution in [0.3, 0.4) is 0 Å². The molecule has 3 aromatic heterocycles. The van der Waals surface area contributed by atoms with Crippen LogP contribution in [0.1, 0.15) is 29.7 Å². The van der Waals surface area contributed by atoms with Gasteiger partial charge in [0.2, 0.25) is 0 Å². The summed E-state index contributed by atoms with van der Waals surface area (Å²) >= 11 is 0. The molecule has 13 rings (SSSR count). The van der Waals surface area contributed by atoms with Gasteiger partial charge in [0.1, 0.15) is 33.7 Å². The summed E-state index contributed by atoms with van der Waals surface area (Å²) in [5.74, 6) is 1.04. The number of hydrogen-bond donors (Lipinski definition) is 0. The lowest BCUT2D eigenvalue weighted by Crippen LogP contribution is -2.34. The summed E-state index contributed by atoms with van der Waals surface area (Å²) in [6.07, 6.45) is 12.1. The van der Waals surface area contributed by atoms with Crippen molar-refractivity contribution in [2.24, 2.45) is 0 Å². The Labute approximate surface area is 345 Å². The largest absolute Gasteiger partial charge is 0.460 e. The predicted molar refractivity (Wildman–Crippen MR) is 248 cm³/mol. The number of para-hydroxylation sites is 3. The topological polar surface area (TPSA) is 42.7 Å². The second kappa shape index (κ2) is 13.0. The van der Waals surface area contributed by atoms with E-state index in [4.69, 9.17) is 13.3 Å². The Morgan fingerprint density at radius 3 is 2.12 bits per heavy atom. The summed E-state index contributed by atoms with van der Waals surface area (Å²) in [6.45, 7) is 0. The highest BCUT2D eigenvalue weighted by molar-refractivity contribution is 6.15. The number of allylic oxidation sites excluding steroid dienone is 3. The lowest BCUT2D eigenvalue weighted by molar-refractivity contribution is 0.546. The van der Waals surface area contributed by atoms with Gasteiger partial charge < -0.3 is 18.2 Å². The highest BCUT2D eigenvalue weighted by Gasteiger charge is 2.32. The van der Waals surface area contributed by atoms with Gasteiger partial charge in [-0.15, -0.1) is 0 Å². The number of furan rings is 3. The number of benzene rings is 8. The van der Waals surface area contributed by atoms with Gasteiger partial charge in [-0.05, 0) is 76.5 Å². The molecule has 60 heavy (non-hydrogen) atoms. The number of aryl methyl sites for hydroxylation is 1. The smallest absolute Gasteiger partial charge is 0.143 e. The van der Waals surface area contributed by atoms with Gasteiger partial charge in [-0.25, -0.2) is 0 Å².